The van der Waals surface area contributed by atoms with Crippen LogP contribution in [0.1, 0.15) is 18.1 Å². The summed E-state index contributed by atoms with van der Waals surface area (Å²) < 4.78 is 16.3. The first-order valence-electron chi connectivity index (χ1n) is 7.87. The van der Waals surface area contributed by atoms with Crippen LogP contribution in [-0.4, -0.2) is 30.8 Å². The third-order valence-electron chi connectivity index (χ3n) is 3.88. The zero-order chi connectivity index (χ0) is 17.8. The van der Waals surface area contributed by atoms with Gasteiger partial charge in [0.1, 0.15) is 5.75 Å². The van der Waals surface area contributed by atoms with Gasteiger partial charge in [-0.2, -0.15) is 5.26 Å². The summed E-state index contributed by atoms with van der Waals surface area (Å²) in [6, 6.07) is 14.3. The molecule has 0 unspecified atom stereocenters. The fraction of sp³-hybridized carbons (Fsp3) is 0.263. The molecule has 0 bridgehead atoms. The summed E-state index contributed by atoms with van der Waals surface area (Å²) in [5, 5.41) is 8.80. The maximum atomic E-state index is 12.5. The molecule has 6 nitrogen and oxygen atoms in total. The van der Waals surface area contributed by atoms with Gasteiger partial charge in [0, 0.05) is 13.6 Å². The summed E-state index contributed by atoms with van der Waals surface area (Å²) >= 11 is 0. The molecule has 1 aliphatic heterocycles. The predicted octanol–water partition coefficient (Wildman–Crippen LogP) is 2.71. The first-order valence-corrected chi connectivity index (χ1v) is 7.87. The Kier molecular flexibility index (Phi) is 4.75. The Labute approximate surface area is 146 Å². The van der Waals surface area contributed by atoms with Crippen LogP contribution in [0.4, 0.5) is 0 Å². The van der Waals surface area contributed by atoms with E-state index in [-0.39, 0.29) is 12.7 Å². The number of carbonyl (C=O) groups excluding carboxylic acids is 1. The van der Waals surface area contributed by atoms with Gasteiger partial charge in [-0.25, -0.2) is 0 Å². The van der Waals surface area contributed by atoms with Crippen molar-refractivity contribution in [2.24, 2.45) is 0 Å². The molecular weight excluding hydrogens is 320 g/mol. The number of hydrogen-bond donors (Lipinski definition) is 0. The van der Waals surface area contributed by atoms with Crippen molar-refractivity contribution in [3.05, 3.63) is 53.6 Å². The highest BCUT2D eigenvalue weighted by Gasteiger charge is 2.20. The summed E-state index contributed by atoms with van der Waals surface area (Å²) in [4.78, 5) is 14.1. The van der Waals surface area contributed by atoms with Crippen LogP contribution in [0.25, 0.3) is 0 Å². The van der Waals surface area contributed by atoms with Crippen molar-refractivity contribution < 1.29 is 19.0 Å². The second-order valence-corrected chi connectivity index (χ2v) is 5.78. The van der Waals surface area contributed by atoms with Crippen LogP contribution in [-0.2, 0) is 11.3 Å². The van der Waals surface area contributed by atoms with Crippen LogP contribution < -0.4 is 14.2 Å². The number of fused-ring (bicyclic) bond motifs is 1. The summed E-state index contributed by atoms with van der Waals surface area (Å²) in [7, 11) is 1.73. The molecule has 0 radical (unpaired) electrons. The highest BCUT2D eigenvalue weighted by Crippen LogP contribution is 2.32. The van der Waals surface area contributed by atoms with E-state index in [4.69, 9.17) is 19.5 Å². The molecule has 0 fully saturated rings. The lowest BCUT2D eigenvalue weighted by Crippen LogP contribution is -2.37. The maximum Gasteiger partial charge on any atom is 0.263 e. The van der Waals surface area contributed by atoms with Crippen molar-refractivity contribution in [2.45, 2.75) is 19.6 Å². The first kappa shape index (κ1) is 16.7. The minimum atomic E-state index is -0.632. The van der Waals surface area contributed by atoms with Gasteiger partial charge in [-0.1, -0.05) is 6.07 Å². The normalized spacial score (nSPS) is 13.0. The largest absolute Gasteiger partial charge is 0.481 e. The molecule has 0 N–H and O–H groups in total. The van der Waals surface area contributed by atoms with Crippen LogP contribution in [0.3, 0.4) is 0 Å². The number of ether oxygens (including phenoxy) is 3. The van der Waals surface area contributed by atoms with Crippen molar-refractivity contribution in [3.8, 4) is 23.3 Å². The average molecular weight is 338 g/mol. The third-order valence-corrected chi connectivity index (χ3v) is 3.88. The van der Waals surface area contributed by atoms with Gasteiger partial charge in [0.05, 0.1) is 11.6 Å². The summed E-state index contributed by atoms with van der Waals surface area (Å²) in [5.74, 6) is 1.83. The number of nitrogens with zero attached hydrogens (tertiary/aromatic N) is 2. The predicted molar refractivity (Wildman–Crippen MR) is 90.3 cm³/mol. The molecule has 0 saturated heterocycles. The molecule has 1 amide bonds. The number of benzene rings is 2. The van der Waals surface area contributed by atoms with Crippen LogP contribution in [0.2, 0.25) is 0 Å². The minimum absolute atomic E-state index is 0.137. The molecule has 1 atom stereocenters. The number of rotatable bonds is 5. The second kappa shape index (κ2) is 7.14. The molecule has 0 saturated carbocycles. The number of likely N-dealkylation sites (N-methyl/N-ethyl adjacent to an activating group) is 1. The van der Waals surface area contributed by atoms with Crippen molar-refractivity contribution >= 4 is 5.91 Å². The molecule has 25 heavy (non-hydrogen) atoms. The van der Waals surface area contributed by atoms with Crippen LogP contribution in [0.5, 0.6) is 17.2 Å². The molecule has 2 aromatic carbocycles. The molecule has 2 aromatic rings. The third kappa shape index (κ3) is 3.83. The monoisotopic (exact) mass is 338 g/mol. The second-order valence-electron chi connectivity index (χ2n) is 5.78. The molecule has 3 rings (SSSR count). The Morgan fingerprint density at radius 1 is 1.24 bits per heavy atom. The van der Waals surface area contributed by atoms with E-state index < -0.39 is 6.10 Å². The molecule has 128 valence electrons. The minimum Gasteiger partial charge on any atom is -0.481 e. The van der Waals surface area contributed by atoms with E-state index in [1.54, 1.807) is 43.1 Å². The quantitative estimate of drug-likeness (QED) is 0.838. The van der Waals surface area contributed by atoms with Gasteiger partial charge in [0.15, 0.2) is 17.6 Å². The number of hydrogen-bond acceptors (Lipinski definition) is 5. The van der Waals surface area contributed by atoms with Crippen molar-refractivity contribution in [2.75, 3.05) is 13.8 Å². The highest BCUT2D eigenvalue weighted by atomic mass is 16.7. The van der Waals surface area contributed by atoms with E-state index >= 15 is 0 Å². The fourth-order valence-electron chi connectivity index (χ4n) is 2.56. The van der Waals surface area contributed by atoms with Gasteiger partial charge >= 0.3 is 0 Å². The number of nitriles is 1. The maximum absolute atomic E-state index is 12.5. The number of carbonyl (C=O) groups is 1. The van der Waals surface area contributed by atoms with Gasteiger partial charge in [-0.15, -0.1) is 0 Å². The van der Waals surface area contributed by atoms with E-state index in [0.717, 1.165) is 11.3 Å². The van der Waals surface area contributed by atoms with E-state index in [1.807, 2.05) is 24.3 Å². The van der Waals surface area contributed by atoms with Gasteiger partial charge in [0.2, 0.25) is 6.79 Å². The van der Waals surface area contributed by atoms with Crippen LogP contribution >= 0.6 is 0 Å². The molecule has 6 heteroatoms. The number of amides is 1. The van der Waals surface area contributed by atoms with Crippen LogP contribution in [0, 0.1) is 11.3 Å². The summed E-state index contributed by atoms with van der Waals surface area (Å²) in [6.45, 7) is 2.37. The van der Waals surface area contributed by atoms with E-state index in [2.05, 4.69) is 0 Å². The van der Waals surface area contributed by atoms with Crippen LogP contribution in [0.15, 0.2) is 42.5 Å². The summed E-state index contributed by atoms with van der Waals surface area (Å²) in [5.41, 5.74) is 1.50. The molecule has 0 spiro atoms. The zero-order valence-electron chi connectivity index (χ0n) is 14.1. The topological polar surface area (TPSA) is 71.8 Å². The molecular formula is C19H18N2O4. The Hall–Kier alpha value is -3.20. The molecule has 0 aromatic heterocycles. The van der Waals surface area contributed by atoms with Crippen molar-refractivity contribution in [1.29, 1.82) is 5.26 Å². The van der Waals surface area contributed by atoms with E-state index in [9.17, 15) is 4.79 Å². The molecule has 1 aliphatic rings. The Balaban J connectivity index is 1.60. The lowest BCUT2D eigenvalue weighted by molar-refractivity contribution is -0.137. The molecule has 0 aliphatic carbocycles. The zero-order valence-corrected chi connectivity index (χ0v) is 14.1. The van der Waals surface area contributed by atoms with Gasteiger partial charge in [-0.05, 0) is 48.9 Å². The average Bonchev–Trinajstić information content (AvgIpc) is 3.09. The lowest BCUT2D eigenvalue weighted by atomic mass is 10.2. The van der Waals surface area contributed by atoms with Crippen molar-refractivity contribution in [3.63, 3.8) is 0 Å². The molecule has 1 heterocycles. The lowest BCUT2D eigenvalue weighted by Gasteiger charge is -2.22. The van der Waals surface area contributed by atoms with E-state index in [0.29, 0.717) is 23.6 Å². The first-order chi connectivity index (χ1) is 12.1. The standard InChI is InChI=1S/C19H18N2O4/c1-13(25-16-6-3-14(10-20)4-7-16)19(22)21(2)11-15-5-8-17-18(9-15)24-12-23-17/h3-9,13H,11-12H2,1-2H3/t13-/m0/s1. The van der Waals surface area contributed by atoms with Gasteiger partial charge in [-0.3, -0.25) is 4.79 Å². The highest BCUT2D eigenvalue weighted by molar-refractivity contribution is 5.80. The van der Waals surface area contributed by atoms with E-state index in [1.165, 1.54) is 0 Å². The SMILES string of the molecule is C[C@H](Oc1ccc(C#N)cc1)C(=O)N(C)Cc1ccc2c(c1)OCO2. The van der Waals surface area contributed by atoms with Crippen molar-refractivity contribution in [1.82, 2.24) is 4.90 Å². The Bertz CT molecular complexity index is 811. The smallest absolute Gasteiger partial charge is 0.263 e. The summed E-state index contributed by atoms with van der Waals surface area (Å²) in [6.07, 6.45) is -0.632. The fourth-order valence-corrected chi connectivity index (χ4v) is 2.56. The Morgan fingerprint density at radius 2 is 1.96 bits per heavy atom. The Morgan fingerprint density at radius 3 is 2.68 bits per heavy atom. The van der Waals surface area contributed by atoms with Gasteiger partial charge in [0.25, 0.3) is 5.91 Å². The van der Waals surface area contributed by atoms with Gasteiger partial charge < -0.3 is 19.1 Å².